The molecule has 2 nitrogen and oxygen atoms in total. The van der Waals surface area contributed by atoms with Crippen LogP contribution in [-0.2, 0) is 11.2 Å². The first kappa shape index (κ1) is 12.8. The van der Waals surface area contributed by atoms with E-state index in [0.717, 1.165) is 0 Å². The van der Waals surface area contributed by atoms with Gasteiger partial charge in [-0.1, -0.05) is 18.2 Å². The average molecular weight is 197 g/mol. The molecule has 0 unspecified atom stereocenters. The third-order valence-corrected chi connectivity index (χ3v) is 1.40. The molecule has 1 N–H and O–H groups in total. The van der Waals surface area contributed by atoms with E-state index in [4.69, 9.17) is 0 Å². The normalized spacial score (nSPS) is 8.86. The van der Waals surface area contributed by atoms with Crippen molar-refractivity contribution in [2.24, 2.45) is 0 Å². The number of nitrogens with one attached hydrogen (secondary N) is 1. The molecular formula is C11H16FNO. The maximum Gasteiger partial charge on any atom is 0.134 e. The lowest BCUT2D eigenvalue weighted by atomic mass is 10.1. The molecule has 14 heavy (non-hydrogen) atoms. The fourth-order valence-corrected chi connectivity index (χ4v) is 0.910. The van der Waals surface area contributed by atoms with Gasteiger partial charge in [0.15, 0.2) is 0 Å². The average Bonchev–Trinajstić information content (AvgIpc) is 2.09. The first-order valence-corrected chi connectivity index (χ1v) is 4.43. The van der Waals surface area contributed by atoms with Gasteiger partial charge in [0.1, 0.15) is 11.6 Å². The zero-order valence-corrected chi connectivity index (χ0v) is 8.80. The van der Waals surface area contributed by atoms with E-state index in [9.17, 15) is 9.18 Å². The van der Waals surface area contributed by atoms with Crippen molar-refractivity contribution in [3.8, 4) is 0 Å². The second-order valence-electron chi connectivity index (χ2n) is 2.97. The van der Waals surface area contributed by atoms with Crippen molar-refractivity contribution < 1.29 is 9.18 Å². The van der Waals surface area contributed by atoms with Crippen LogP contribution in [0.2, 0.25) is 0 Å². The Morgan fingerprint density at radius 1 is 1.36 bits per heavy atom. The summed E-state index contributed by atoms with van der Waals surface area (Å²) in [5, 5.41) is 2.75. The van der Waals surface area contributed by atoms with Crippen LogP contribution in [0.3, 0.4) is 0 Å². The molecule has 0 aliphatic carbocycles. The van der Waals surface area contributed by atoms with Crippen LogP contribution in [-0.4, -0.2) is 19.9 Å². The van der Waals surface area contributed by atoms with Crippen LogP contribution < -0.4 is 5.32 Å². The van der Waals surface area contributed by atoms with Crippen molar-refractivity contribution in [2.45, 2.75) is 13.3 Å². The summed E-state index contributed by atoms with van der Waals surface area (Å²) in [5.41, 5.74) is 0.472. The number of halogens is 1. The molecular weight excluding hydrogens is 181 g/mol. The van der Waals surface area contributed by atoms with Crippen LogP contribution >= 0.6 is 0 Å². The van der Waals surface area contributed by atoms with Crippen LogP contribution in [0.1, 0.15) is 12.5 Å². The topological polar surface area (TPSA) is 29.1 Å². The van der Waals surface area contributed by atoms with E-state index in [1.807, 2.05) is 14.1 Å². The Hall–Kier alpha value is -1.22. The van der Waals surface area contributed by atoms with Crippen LogP contribution in [0.5, 0.6) is 0 Å². The summed E-state index contributed by atoms with van der Waals surface area (Å²) in [7, 11) is 3.75. The van der Waals surface area contributed by atoms with Gasteiger partial charge in [-0.3, -0.25) is 4.79 Å². The zero-order chi connectivity index (χ0) is 11.0. The van der Waals surface area contributed by atoms with E-state index in [-0.39, 0.29) is 18.0 Å². The second-order valence-corrected chi connectivity index (χ2v) is 2.97. The Morgan fingerprint density at radius 2 is 1.86 bits per heavy atom. The summed E-state index contributed by atoms with van der Waals surface area (Å²) < 4.78 is 12.8. The third kappa shape index (κ3) is 5.43. The molecule has 0 aliphatic rings. The predicted octanol–water partition coefficient (Wildman–Crippen LogP) is 1.79. The van der Waals surface area contributed by atoms with Gasteiger partial charge >= 0.3 is 0 Å². The van der Waals surface area contributed by atoms with Crippen molar-refractivity contribution >= 4 is 5.78 Å². The molecule has 0 saturated carbocycles. The van der Waals surface area contributed by atoms with Gasteiger partial charge in [-0.2, -0.15) is 0 Å². The van der Waals surface area contributed by atoms with Crippen molar-refractivity contribution in [3.05, 3.63) is 35.6 Å². The number of ketones is 1. The molecule has 1 aromatic carbocycles. The van der Waals surface area contributed by atoms with Gasteiger partial charge in [-0.05, 0) is 32.6 Å². The van der Waals surface area contributed by atoms with Crippen molar-refractivity contribution in [2.75, 3.05) is 14.1 Å². The molecule has 78 valence electrons. The number of carbonyl (C=O) groups excluding carboxylic acids is 1. The molecule has 0 aromatic heterocycles. The Labute approximate surface area is 84.1 Å². The number of carbonyl (C=O) groups is 1. The number of hydrogen-bond donors (Lipinski definition) is 1. The Kier molecular flexibility index (Phi) is 6.58. The Morgan fingerprint density at radius 3 is 2.29 bits per heavy atom. The van der Waals surface area contributed by atoms with Crippen LogP contribution in [0.25, 0.3) is 0 Å². The lowest BCUT2D eigenvalue weighted by Gasteiger charge is -1.97. The smallest absolute Gasteiger partial charge is 0.134 e. The highest BCUT2D eigenvalue weighted by Crippen LogP contribution is 2.06. The largest absolute Gasteiger partial charge is 0.323 e. The zero-order valence-electron chi connectivity index (χ0n) is 8.80. The standard InChI is InChI=1S/C9H9FO.C2H7N/c1-7(11)6-8-4-2-3-5-9(8)10;1-3-2/h2-5H,6H2,1H3;3H,1-2H3. The van der Waals surface area contributed by atoms with Gasteiger partial charge in [0, 0.05) is 6.42 Å². The molecule has 0 spiro atoms. The van der Waals surface area contributed by atoms with E-state index < -0.39 is 0 Å². The van der Waals surface area contributed by atoms with Crippen molar-refractivity contribution in [1.82, 2.24) is 5.32 Å². The monoisotopic (exact) mass is 197 g/mol. The number of hydrogen-bond acceptors (Lipinski definition) is 2. The third-order valence-electron chi connectivity index (χ3n) is 1.40. The lowest BCUT2D eigenvalue weighted by Crippen LogP contribution is -1.98. The molecule has 0 saturated heterocycles. The maximum atomic E-state index is 12.8. The molecule has 1 aromatic rings. The summed E-state index contributed by atoms with van der Waals surface area (Å²) in [4.78, 5) is 10.6. The fourth-order valence-electron chi connectivity index (χ4n) is 0.910. The minimum Gasteiger partial charge on any atom is -0.323 e. The summed E-state index contributed by atoms with van der Waals surface area (Å²) in [6.07, 6.45) is 0.187. The SMILES string of the molecule is CC(=O)Cc1ccccc1F.CNC. The van der Waals surface area contributed by atoms with Crippen LogP contribution in [0.15, 0.2) is 24.3 Å². The van der Waals surface area contributed by atoms with Gasteiger partial charge in [0.05, 0.1) is 0 Å². The minimum absolute atomic E-state index is 0.0184. The molecule has 0 heterocycles. The van der Waals surface area contributed by atoms with Gasteiger partial charge in [-0.25, -0.2) is 4.39 Å². The lowest BCUT2D eigenvalue weighted by molar-refractivity contribution is -0.116. The van der Waals surface area contributed by atoms with Gasteiger partial charge in [-0.15, -0.1) is 0 Å². The number of benzene rings is 1. The second kappa shape index (κ2) is 7.21. The highest BCUT2D eigenvalue weighted by molar-refractivity contribution is 5.78. The molecule has 0 amide bonds. The summed E-state index contributed by atoms with van der Waals surface area (Å²) in [6.45, 7) is 1.45. The molecule has 0 bridgehead atoms. The molecule has 3 heteroatoms. The molecule has 1 rings (SSSR count). The quantitative estimate of drug-likeness (QED) is 0.783. The van der Waals surface area contributed by atoms with Crippen LogP contribution in [0, 0.1) is 5.82 Å². The highest BCUT2D eigenvalue weighted by atomic mass is 19.1. The van der Waals surface area contributed by atoms with Gasteiger partial charge in [0.2, 0.25) is 0 Å². The highest BCUT2D eigenvalue weighted by Gasteiger charge is 2.01. The summed E-state index contributed by atoms with van der Waals surface area (Å²) in [5.74, 6) is -0.321. The van der Waals surface area contributed by atoms with E-state index in [1.54, 1.807) is 18.2 Å². The number of Topliss-reactive ketones (excluding diaryl/α,β-unsaturated/α-hetero) is 1. The van der Waals surface area contributed by atoms with E-state index in [1.165, 1.54) is 13.0 Å². The van der Waals surface area contributed by atoms with E-state index in [2.05, 4.69) is 5.32 Å². The van der Waals surface area contributed by atoms with Crippen LogP contribution in [0.4, 0.5) is 4.39 Å². The Bertz CT molecular complexity index is 286. The molecule has 0 aliphatic heterocycles. The van der Waals surface area contributed by atoms with E-state index >= 15 is 0 Å². The van der Waals surface area contributed by atoms with Gasteiger partial charge < -0.3 is 5.32 Å². The summed E-state index contributed by atoms with van der Waals surface area (Å²) >= 11 is 0. The van der Waals surface area contributed by atoms with Gasteiger partial charge in [0.25, 0.3) is 0 Å². The van der Waals surface area contributed by atoms with Crippen molar-refractivity contribution in [3.63, 3.8) is 0 Å². The van der Waals surface area contributed by atoms with E-state index in [0.29, 0.717) is 5.56 Å². The molecule has 0 fully saturated rings. The first-order valence-electron chi connectivity index (χ1n) is 4.43. The number of rotatable bonds is 2. The molecule has 0 radical (unpaired) electrons. The Balaban J connectivity index is 0.000000500. The van der Waals surface area contributed by atoms with Crippen molar-refractivity contribution in [1.29, 1.82) is 0 Å². The predicted molar refractivity (Wildman–Crippen MR) is 55.8 cm³/mol. The maximum absolute atomic E-state index is 12.8. The fraction of sp³-hybridized carbons (Fsp3) is 0.364. The first-order chi connectivity index (χ1) is 6.61. The molecule has 0 atom stereocenters. The minimum atomic E-state index is -0.303. The summed E-state index contributed by atoms with van der Waals surface area (Å²) in [6, 6.07) is 6.31.